The normalized spacial score (nSPS) is 10.2. The van der Waals surface area contributed by atoms with Crippen molar-refractivity contribution in [2.24, 2.45) is 0 Å². The molecule has 4 heteroatoms. The Kier molecular flexibility index (Phi) is 7.40. The fourth-order valence-corrected chi connectivity index (χ4v) is 2.06. The van der Waals surface area contributed by atoms with Crippen LogP contribution in [-0.4, -0.2) is 23.5 Å². The minimum absolute atomic E-state index is 0.247. The molecular formula is C16H23NO3. The third-order valence-corrected chi connectivity index (χ3v) is 3.19. The lowest BCUT2D eigenvalue weighted by molar-refractivity contribution is -0.117. The summed E-state index contributed by atoms with van der Waals surface area (Å²) >= 11 is 0. The van der Waals surface area contributed by atoms with E-state index in [1.165, 1.54) is 11.1 Å². The SMILES string of the molecule is CC(=O)CCCc1ccc(CCCCNC(=O)O)cc1. The molecule has 110 valence electrons. The number of carboxylic acid groups (broad SMARTS) is 1. The summed E-state index contributed by atoms with van der Waals surface area (Å²) in [5.74, 6) is 0.247. The molecule has 20 heavy (non-hydrogen) atoms. The van der Waals surface area contributed by atoms with Gasteiger partial charge in [0.25, 0.3) is 0 Å². The average molecular weight is 277 g/mol. The van der Waals surface area contributed by atoms with Gasteiger partial charge in [-0.3, -0.25) is 0 Å². The molecule has 0 unspecified atom stereocenters. The summed E-state index contributed by atoms with van der Waals surface area (Å²) in [6.07, 6.45) is 4.35. The number of aryl methyl sites for hydroxylation is 2. The number of carbonyl (C=O) groups excluding carboxylic acids is 1. The zero-order valence-electron chi connectivity index (χ0n) is 12.0. The van der Waals surface area contributed by atoms with Crippen LogP contribution in [0.2, 0.25) is 0 Å². The summed E-state index contributed by atoms with van der Waals surface area (Å²) < 4.78 is 0. The Balaban J connectivity index is 2.21. The maximum atomic E-state index is 10.9. The summed E-state index contributed by atoms with van der Waals surface area (Å²) in [7, 11) is 0. The lowest BCUT2D eigenvalue weighted by Crippen LogP contribution is -2.21. The molecule has 0 fully saturated rings. The number of hydrogen-bond donors (Lipinski definition) is 2. The molecule has 4 nitrogen and oxygen atoms in total. The third-order valence-electron chi connectivity index (χ3n) is 3.19. The van der Waals surface area contributed by atoms with Crippen molar-refractivity contribution in [1.29, 1.82) is 0 Å². The molecule has 2 N–H and O–H groups in total. The first kappa shape index (κ1) is 16.2. The van der Waals surface area contributed by atoms with Gasteiger partial charge in [-0.2, -0.15) is 0 Å². The largest absolute Gasteiger partial charge is 0.465 e. The standard InChI is InChI=1S/C16H23NO3/c1-13(18)5-4-7-15-10-8-14(9-11-15)6-2-3-12-17-16(19)20/h8-11,17H,2-7,12H2,1H3,(H,19,20). The second-order valence-corrected chi connectivity index (χ2v) is 5.06. The maximum Gasteiger partial charge on any atom is 0.404 e. The number of amides is 1. The summed E-state index contributed by atoms with van der Waals surface area (Å²) in [5, 5.41) is 10.8. The predicted molar refractivity (Wildman–Crippen MR) is 79.0 cm³/mol. The van der Waals surface area contributed by atoms with E-state index in [9.17, 15) is 9.59 Å². The molecule has 0 aliphatic heterocycles. The zero-order valence-corrected chi connectivity index (χ0v) is 12.0. The maximum absolute atomic E-state index is 10.9. The Hall–Kier alpha value is -1.84. The van der Waals surface area contributed by atoms with Crippen LogP contribution in [0, 0.1) is 0 Å². The molecule has 0 atom stereocenters. The fraction of sp³-hybridized carbons (Fsp3) is 0.500. The Morgan fingerprint density at radius 2 is 1.55 bits per heavy atom. The highest BCUT2D eigenvalue weighted by Crippen LogP contribution is 2.10. The van der Waals surface area contributed by atoms with Gasteiger partial charge in [0.15, 0.2) is 0 Å². The number of carbonyl (C=O) groups is 2. The van der Waals surface area contributed by atoms with E-state index in [-0.39, 0.29) is 5.78 Å². The Bertz CT molecular complexity index is 426. The Morgan fingerprint density at radius 3 is 2.05 bits per heavy atom. The van der Waals surface area contributed by atoms with Crippen molar-refractivity contribution in [2.45, 2.75) is 45.4 Å². The van der Waals surface area contributed by atoms with Gasteiger partial charge in [0.05, 0.1) is 0 Å². The minimum atomic E-state index is -0.958. The van der Waals surface area contributed by atoms with Crippen LogP contribution in [0.25, 0.3) is 0 Å². The van der Waals surface area contributed by atoms with Crippen LogP contribution in [0.5, 0.6) is 0 Å². The summed E-state index contributed by atoms with van der Waals surface area (Å²) in [6.45, 7) is 2.14. The molecule has 0 aromatic heterocycles. The average Bonchev–Trinajstić information content (AvgIpc) is 2.39. The molecule has 1 rings (SSSR count). The third kappa shape index (κ3) is 7.56. The molecule has 1 aromatic carbocycles. The van der Waals surface area contributed by atoms with Crippen molar-refractivity contribution in [1.82, 2.24) is 5.32 Å². The van der Waals surface area contributed by atoms with Crippen LogP contribution in [0.3, 0.4) is 0 Å². The summed E-state index contributed by atoms with van der Waals surface area (Å²) in [6, 6.07) is 8.47. The molecule has 0 saturated carbocycles. The second kappa shape index (κ2) is 9.13. The lowest BCUT2D eigenvalue weighted by Gasteiger charge is -2.04. The van der Waals surface area contributed by atoms with Crippen molar-refractivity contribution >= 4 is 11.9 Å². The first-order valence-corrected chi connectivity index (χ1v) is 7.12. The van der Waals surface area contributed by atoms with Crippen molar-refractivity contribution in [3.63, 3.8) is 0 Å². The van der Waals surface area contributed by atoms with Crippen molar-refractivity contribution in [3.05, 3.63) is 35.4 Å². The molecule has 0 aliphatic rings. The van der Waals surface area contributed by atoms with Gasteiger partial charge >= 0.3 is 6.09 Å². The first-order valence-electron chi connectivity index (χ1n) is 7.12. The number of unbranched alkanes of at least 4 members (excludes halogenated alkanes) is 1. The minimum Gasteiger partial charge on any atom is -0.465 e. The van der Waals surface area contributed by atoms with E-state index < -0.39 is 6.09 Å². The van der Waals surface area contributed by atoms with Gasteiger partial charge in [-0.25, -0.2) is 4.79 Å². The Labute approximate surface area is 120 Å². The van der Waals surface area contributed by atoms with E-state index in [1.807, 2.05) is 0 Å². The van der Waals surface area contributed by atoms with Crippen LogP contribution in [0.4, 0.5) is 4.79 Å². The quantitative estimate of drug-likeness (QED) is 0.681. The van der Waals surface area contributed by atoms with Gasteiger partial charge in [-0.05, 0) is 50.2 Å². The van der Waals surface area contributed by atoms with Crippen molar-refractivity contribution in [3.8, 4) is 0 Å². The number of ketones is 1. The molecule has 0 aliphatic carbocycles. The predicted octanol–water partition coefficient (Wildman–Crippen LogP) is 3.19. The topological polar surface area (TPSA) is 66.4 Å². The number of nitrogens with one attached hydrogen (secondary N) is 1. The van der Waals surface area contributed by atoms with Crippen LogP contribution < -0.4 is 5.32 Å². The van der Waals surface area contributed by atoms with E-state index in [1.54, 1.807) is 6.92 Å². The van der Waals surface area contributed by atoms with E-state index in [0.29, 0.717) is 13.0 Å². The molecule has 0 saturated heterocycles. The van der Waals surface area contributed by atoms with E-state index in [0.717, 1.165) is 32.1 Å². The number of Topliss-reactive ketones (excluding diaryl/α,β-unsaturated/α-hetero) is 1. The van der Waals surface area contributed by atoms with Crippen LogP contribution in [0.1, 0.15) is 43.7 Å². The lowest BCUT2D eigenvalue weighted by atomic mass is 10.0. The molecular weight excluding hydrogens is 254 g/mol. The van der Waals surface area contributed by atoms with E-state index >= 15 is 0 Å². The number of benzene rings is 1. The Morgan fingerprint density at radius 1 is 1.00 bits per heavy atom. The van der Waals surface area contributed by atoms with Crippen molar-refractivity contribution < 1.29 is 14.7 Å². The number of hydrogen-bond acceptors (Lipinski definition) is 2. The smallest absolute Gasteiger partial charge is 0.404 e. The monoisotopic (exact) mass is 277 g/mol. The van der Waals surface area contributed by atoms with Crippen LogP contribution >= 0.6 is 0 Å². The molecule has 0 radical (unpaired) electrons. The molecule has 0 heterocycles. The highest BCUT2D eigenvalue weighted by atomic mass is 16.4. The molecule has 0 bridgehead atoms. The highest BCUT2D eigenvalue weighted by molar-refractivity contribution is 5.75. The van der Waals surface area contributed by atoms with Crippen LogP contribution in [0.15, 0.2) is 24.3 Å². The zero-order chi connectivity index (χ0) is 14.8. The van der Waals surface area contributed by atoms with E-state index in [4.69, 9.17) is 5.11 Å². The summed E-state index contributed by atoms with van der Waals surface area (Å²) in [5.41, 5.74) is 2.54. The fourth-order valence-electron chi connectivity index (χ4n) is 2.06. The van der Waals surface area contributed by atoms with Gasteiger partial charge in [-0.1, -0.05) is 24.3 Å². The van der Waals surface area contributed by atoms with Gasteiger partial charge < -0.3 is 15.2 Å². The van der Waals surface area contributed by atoms with Crippen molar-refractivity contribution in [2.75, 3.05) is 6.54 Å². The molecule has 0 spiro atoms. The highest BCUT2D eigenvalue weighted by Gasteiger charge is 1.99. The molecule has 1 aromatic rings. The van der Waals surface area contributed by atoms with Gasteiger partial charge in [0.2, 0.25) is 0 Å². The first-order chi connectivity index (χ1) is 9.58. The van der Waals surface area contributed by atoms with Gasteiger partial charge in [0.1, 0.15) is 5.78 Å². The number of rotatable bonds is 9. The summed E-state index contributed by atoms with van der Waals surface area (Å²) in [4.78, 5) is 21.1. The van der Waals surface area contributed by atoms with Gasteiger partial charge in [-0.15, -0.1) is 0 Å². The molecule has 1 amide bonds. The van der Waals surface area contributed by atoms with Gasteiger partial charge in [0, 0.05) is 13.0 Å². The second-order valence-electron chi connectivity index (χ2n) is 5.06. The van der Waals surface area contributed by atoms with E-state index in [2.05, 4.69) is 29.6 Å². The van der Waals surface area contributed by atoms with Crippen LogP contribution in [-0.2, 0) is 17.6 Å².